The monoisotopic (exact) mass is 402 g/mol. The Balaban J connectivity index is 1.49. The van der Waals surface area contributed by atoms with Crippen molar-refractivity contribution in [1.82, 2.24) is 4.98 Å². The van der Waals surface area contributed by atoms with E-state index in [0.717, 1.165) is 5.39 Å². The summed E-state index contributed by atoms with van der Waals surface area (Å²) in [6, 6.07) is 22.3. The smallest absolute Gasteiger partial charge is 0.345 e. The Morgan fingerprint density at radius 3 is 2.41 bits per heavy atom. The van der Waals surface area contributed by atoms with Gasteiger partial charge in [0.1, 0.15) is 5.75 Å². The Labute approximate surface area is 171 Å². The number of anilines is 1. The molecular formula is C23H15ClN2O3. The average Bonchev–Trinajstić information content (AvgIpc) is 2.75. The fourth-order valence-corrected chi connectivity index (χ4v) is 3.10. The normalized spacial score (nSPS) is 10.5. The van der Waals surface area contributed by atoms with Crippen LogP contribution in [0.25, 0.3) is 10.9 Å². The molecule has 0 saturated carbocycles. The van der Waals surface area contributed by atoms with Gasteiger partial charge in [0.15, 0.2) is 0 Å². The molecule has 5 nitrogen and oxygen atoms in total. The van der Waals surface area contributed by atoms with Crippen molar-refractivity contribution >= 4 is 40.1 Å². The standard InChI is InChI=1S/C23H15ClN2O3/c24-17-13-16-7-4-12-25-21(16)20(14-17)23(28)29-19-10-8-18(9-11-19)26-22(27)15-5-2-1-3-6-15/h1-14H,(H,26,27). The summed E-state index contributed by atoms with van der Waals surface area (Å²) in [7, 11) is 0. The molecule has 4 aromatic rings. The molecule has 0 unspecified atom stereocenters. The maximum atomic E-state index is 12.6. The highest BCUT2D eigenvalue weighted by Gasteiger charge is 2.15. The molecule has 1 N–H and O–H groups in total. The SMILES string of the molecule is O=C(Nc1ccc(OC(=O)c2cc(Cl)cc3cccnc23)cc1)c1ccccc1. The second-order valence-electron chi connectivity index (χ2n) is 6.26. The molecule has 0 fully saturated rings. The van der Waals surface area contributed by atoms with Crippen molar-refractivity contribution in [2.75, 3.05) is 5.32 Å². The number of nitrogens with zero attached hydrogens (tertiary/aromatic N) is 1. The summed E-state index contributed by atoms with van der Waals surface area (Å²) in [6.07, 6.45) is 1.61. The molecule has 0 saturated heterocycles. The number of esters is 1. The number of rotatable bonds is 4. The number of pyridine rings is 1. The van der Waals surface area contributed by atoms with Gasteiger partial charge >= 0.3 is 5.97 Å². The molecule has 142 valence electrons. The number of nitrogens with one attached hydrogen (secondary N) is 1. The van der Waals surface area contributed by atoms with E-state index < -0.39 is 5.97 Å². The van der Waals surface area contributed by atoms with Crippen LogP contribution in [0.1, 0.15) is 20.7 Å². The van der Waals surface area contributed by atoms with E-state index in [2.05, 4.69) is 10.3 Å². The Bertz CT molecular complexity index is 1190. The molecule has 29 heavy (non-hydrogen) atoms. The van der Waals surface area contributed by atoms with Gasteiger partial charge in [0.25, 0.3) is 5.91 Å². The molecule has 0 aliphatic carbocycles. The molecule has 4 rings (SSSR count). The third-order valence-electron chi connectivity index (χ3n) is 4.25. The molecule has 1 heterocycles. The number of benzene rings is 3. The first-order valence-electron chi connectivity index (χ1n) is 8.83. The van der Waals surface area contributed by atoms with E-state index in [0.29, 0.717) is 27.5 Å². The second kappa shape index (κ2) is 8.12. The summed E-state index contributed by atoms with van der Waals surface area (Å²) in [5.41, 5.74) is 1.96. The number of amides is 1. The molecular weight excluding hydrogens is 388 g/mol. The van der Waals surface area contributed by atoms with Gasteiger partial charge in [0.2, 0.25) is 0 Å². The van der Waals surface area contributed by atoms with E-state index in [1.165, 1.54) is 6.07 Å². The Hall–Kier alpha value is -3.70. The highest BCUT2D eigenvalue weighted by Crippen LogP contribution is 2.24. The van der Waals surface area contributed by atoms with Crippen molar-refractivity contribution in [3.05, 3.63) is 101 Å². The van der Waals surface area contributed by atoms with E-state index in [1.54, 1.807) is 66.9 Å². The van der Waals surface area contributed by atoms with Crippen LogP contribution in [0.15, 0.2) is 85.1 Å². The highest BCUT2D eigenvalue weighted by atomic mass is 35.5. The molecule has 0 spiro atoms. The first kappa shape index (κ1) is 18.7. The van der Waals surface area contributed by atoms with Crippen LogP contribution in [0, 0.1) is 0 Å². The van der Waals surface area contributed by atoms with Crippen LogP contribution < -0.4 is 10.1 Å². The van der Waals surface area contributed by atoms with E-state index >= 15 is 0 Å². The van der Waals surface area contributed by atoms with Gasteiger partial charge in [0, 0.05) is 27.9 Å². The fraction of sp³-hybridized carbons (Fsp3) is 0. The van der Waals surface area contributed by atoms with Gasteiger partial charge in [-0.25, -0.2) is 4.79 Å². The molecule has 3 aromatic carbocycles. The van der Waals surface area contributed by atoms with Crippen molar-refractivity contribution < 1.29 is 14.3 Å². The van der Waals surface area contributed by atoms with E-state index in [1.807, 2.05) is 12.1 Å². The summed E-state index contributed by atoms with van der Waals surface area (Å²) >= 11 is 6.11. The van der Waals surface area contributed by atoms with Crippen LogP contribution in [0.3, 0.4) is 0 Å². The minimum Gasteiger partial charge on any atom is -0.423 e. The number of aromatic nitrogens is 1. The Morgan fingerprint density at radius 1 is 0.897 bits per heavy atom. The van der Waals surface area contributed by atoms with Crippen LogP contribution in [0.2, 0.25) is 5.02 Å². The highest BCUT2D eigenvalue weighted by molar-refractivity contribution is 6.32. The van der Waals surface area contributed by atoms with E-state index in [9.17, 15) is 9.59 Å². The lowest BCUT2D eigenvalue weighted by Gasteiger charge is -2.09. The van der Waals surface area contributed by atoms with Crippen molar-refractivity contribution in [3.8, 4) is 5.75 Å². The third-order valence-corrected chi connectivity index (χ3v) is 4.47. The zero-order chi connectivity index (χ0) is 20.2. The number of ether oxygens (including phenoxy) is 1. The molecule has 0 radical (unpaired) electrons. The zero-order valence-electron chi connectivity index (χ0n) is 15.1. The topological polar surface area (TPSA) is 68.3 Å². The summed E-state index contributed by atoms with van der Waals surface area (Å²) in [6.45, 7) is 0. The number of hydrogen-bond donors (Lipinski definition) is 1. The number of halogens is 1. The van der Waals surface area contributed by atoms with E-state index in [4.69, 9.17) is 16.3 Å². The molecule has 0 bridgehead atoms. The van der Waals surface area contributed by atoms with Crippen molar-refractivity contribution in [1.29, 1.82) is 0 Å². The molecule has 1 amide bonds. The molecule has 0 aliphatic rings. The van der Waals surface area contributed by atoms with E-state index in [-0.39, 0.29) is 11.5 Å². The van der Waals surface area contributed by atoms with Crippen LogP contribution in [0.5, 0.6) is 5.75 Å². The van der Waals surface area contributed by atoms with Gasteiger partial charge in [0.05, 0.1) is 11.1 Å². The first-order valence-corrected chi connectivity index (χ1v) is 9.21. The first-order chi connectivity index (χ1) is 14.1. The predicted octanol–water partition coefficient (Wildman–Crippen LogP) is 5.36. The number of fused-ring (bicyclic) bond motifs is 1. The second-order valence-corrected chi connectivity index (χ2v) is 6.70. The molecule has 0 atom stereocenters. The van der Waals surface area contributed by atoms with Gasteiger partial charge in [-0.1, -0.05) is 35.9 Å². The summed E-state index contributed by atoms with van der Waals surface area (Å²) in [4.78, 5) is 29.1. The van der Waals surface area contributed by atoms with Gasteiger partial charge in [-0.05, 0) is 54.6 Å². The summed E-state index contributed by atoms with van der Waals surface area (Å²) < 4.78 is 5.46. The van der Waals surface area contributed by atoms with Crippen molar-refractivity contribution in [2.24, 2.45) is 0 Å². The van der Waals surface area contributed by atoms with Crippen LogP contribution in [0.4, 0.5) is 5.69 Å². The predicted molar refractivity (Wildman–Crippen MR) is 113 cm³/mol. The van der Waals surface area contributed by atoms with Gasteiger partial charge in [-0.2, -0.15) is 0 Å². The fourth-order valence-electron chi connectivity index (χ4n) is 2.87. The van der Waals surface area contributed by atoms with Gasteiger partial charge in [-0.15, -0.1) is 0 Å². The van der Waals surface area contributed by atoms with Gasteiger partial charge in [-0.3, -0.25) is 9.78 Å². The lowest BCUT2D eigenvalue weighted by molar-refractivity contribution is 0.0736. The molecule has 1 aromatic heterocycles. The van der Waals surface area contributed by atoms with Gasteiger partial charge < -0.3 is 10.1 Å². The lowest BCUT2D eigenvalue weighted by Crippen LogP contribution is -2.12. The summed E-state index contributed by atoms with van der Waals surface area (Å²) in [5.74, 6) is -0.430. The number of hydrogen-bond acceptors (Lipinski definition) is 4. The van der Waals surface area contributed by atoms with Crippen LogP contribution >= 0.6 is 11.6 Å². The van der Waals surface area contributed by atoms with Crippen molar-refractivity contribution in [3.63, 3.8) is 0 Å². The maximum absolute atomic E-state index is 12.6. The third kappa shape index (κ3) is 4.25. The lowest BCUT2D eigenvalue weighted by atomic mass is 10.1. The van der Waals surface area contributed by atoms with Crippen LogP contribution in [-0.2, 0) is 0 Å². The minimum absolute atomic E-state index is 0.216. The maximum Gasteiger partial charge on any atom is 0.345 e. The number of carbonyl (C=O) groups excluding carboxylic acids is 2. The minimum atomic E-state index is -0.558. The molecule has 6 heteroatoms. The largest absolute Gasteiger partial charge is 0.423 e. The summed E-state index contributed by atoms with van der Waals surface area (Å²) in [5, 5.41) is 3.98. The average molecular weight is 403 g/mol. The van der Waals surface area contributed by atoms with Crippen LogP contribution in [-0.4, -0.2) is 16.9 Å². The Kier molecular flexibility index (Phi) is 5.22. The van der Waals surface area contributed by atoms with Crippen molar-refractivity contribution in [2.45, 2.75) is 0 Å². The quantitative estimate of drug-likeness (QED) is 0.368. The Morgan fingerprint density at radius 2 is 1.66 bits per heavy atom. The molecule has 0 aliphatic heterocycles. The zero-order valence-corrected chi connectivity index (χ0v) is 15.9. The number of carbonyl (C=O) groups is 2.